The van der Waals surface area contributed by atoms with Crippen LogP contribution in [0.5, 0.6) is 11.5 Å². The first-order valence-corrected chi connectivity index (χ1v) is 10.9. The minimum atomic E-state index is -0.791. The fraction of sp³-hybridized carbons (Fsp3) is 0.667. The number of benzene rings is 1. The third-order valence-corrected chi connectivity index (χ3v) is 5.05. The number of esters is 2. The quantitative estimate of drug-likeness (QED) is 0.350. The van der Waals surface area contributed by atoms with Crippen LogP contribution < -0.4 is 14.8 Å². The number of aliphatic hydroxyl groups excluding tert-OH is 1. The fourth-order valence-electron chi connectivity index (χ4n) is 2.60. The van der Waals surface area contributed by atoms with Crippen LogP contribution in [-0.2, 0) is 9.59 Å². The first kappa shape index (κ1) is 29.4. The molecule has 0 bridgehead atoms. The Morgan fingerprint density at radius 3 is 1.90 bits per heavy atom. The number of rotatable bonds is 11. The normalized spacial score (nSPS) is 14.2. The van der Waals surface area contributed by atoms with Crippen LogP contribution in [0.3, 0.4) is 0 Å². The number of ether oxygens (including phenoxy) is 2. The van der Waals surface area contributed by atoms with Crippen LogP contribution in [0.25, 0.3) is 0 Å². The van der Waals surface area contributed by atoms with Gasteiger partial charge in [-0.25, -0.2) is 0 Å². The lowest BCUT2D eigenvalue weighted by Gasteiger charge is -2.23. The van der Waals surface area contributed by atoms with Crippen LogP contribution in [0.15, 0.2) is 18.2 Å². The van der Waals surface area contributed by atoms with Crippen molar-refractivity contribution in [2.75, 3.05) is 6.54 Å². The Bertz CT molecular complexity index is 702. The van der Waals surface area contributed by atoms with E-state index < -0.39 is 6.10 Å². The van der Waals surface area contributed by atoms with E-state index in [9.17, 15) is 14.7 Å². The zero-order valence-electron chi connectivity index (χ0n) is 20.0. The van der Waals surface area contributed by atoms with Crippen molar-refractivity contribution in [2.24, 2.45) is 11.8 Å². The lowest BCUT2D eigenvalue weighted by atomic mass is 10.0. The summed E-state index contributed by atoms with van der Waals surface area (Å²) in [4.78, 5) is 24.6. The van der Waals surface area contributed by atoms with Crippen molar-refractivity contribution in [3.63, 3.8) is 0 Å². The van der Waals surface area contributed by atoms with Crippen LogP contribution in [0.2, 0.25) is 0 Å². The molecule has 7 heteroatoms. The summed E-state index contributed by atoms with van der Waals surface area (Å²) in [7, 11) is 0. The molecule has 1 rings (SSSR count). The number of carbonyl (C=O) groups excluding carboxylic acids is 2. The number of β-amino-alcohol motifs (C(OH)–C–C–N with tert-alkyl or cyclic N) is 1. The van der Waals surface area contributed by atoms with Gasteiger partial charge in [0.15, 0.2) is 11.5 Å². The highest BCUT2D eigenvalue weighted by molar-refractivity contribution is 5.85. The zero-order valence-corrected chi connectivity index (χ0v) is 20.8. The molecule has 0 amide bonds. The molecule has 0 radical (unpaired) electrons. The summed E-state index contributed by atoms with van der Waals surface area (Å²) < 4.78 is 11.0. The molecule has 0 heterocycles. The summed E-state index contributed by atoms with van der Waals surface area (Å²) in [5.74, 6) is 0.0000811. The van der Waals surface area contributed by atoms with Crippen molar-refractivity contribution in [2.45, 2.75) is 85.8 Å². The maximum atomic E-state index is 12.3. The summed E-state index contributed by atoms with van der Waals surface area (Å²) in [6.07, 6.45) is 1.51. The number of nitrogens with one attached hydrogen (secondary N) is 1. The second-order valence-electron chi connectivity index (χ2n) is 9.24. The van der Waals surface area contributed by atoms with E-state index in [1.807, 2.05) is 48.5 Å². The van der Waals surface area contributed by atoms with Crippen LogP contribution in [0.4, 0.5) is 0 Å². The molecule has 0 fully saturated rings. The van der Waals surface area contributed by atoms with Gasteiger partial charge < -0.3 is 19.9 Å². The molecule has 3 atom stereocenters. The monoisotopic (exact) mass is 457 g/mol. The maximum Gasteiger partial charge on any atom is 0.311 e. The predicted molar refractivity (Wildman–Crippen MR) is 126 cm³/mol. The summed E-state index contributed by atoms with van der Waals surface area (Å²) in [6, 6.07) is 4.85. The Kier molecular flexibility index (Phi) is 13.0. The molecule has 178 valence electrons. The minimum absolute atomic E-state index is 0. The Morgan fingerprint density at radius 1 is 0.968 bits per heavy atom. The van der Waals surface area contributed by atoms with Gasteiger partial charge in [-0.3, -0.25) is 9.59 Å². The van der Waals surface area contributed by atoms with Gasteiger partial charge in [-0.1, -0.05) is 46.6 Å². The highest BCUT2D eigenvalue weighted by Crippen LogP contribution is 2.32. The second-order valence-corrected chi connectivity index (χ2v) is 9.24. The molecule has 0 saturated heterocycles. The van der Waals surface area contributed by atoms with E-state index in [1.54, 1.807) is 18.2 Å². The average molecular weight is 458 g/mol. The van der Waals surface area contributed by atoms with Crippen molar-refractivity contribution in [1.82, 2.24) is 5.32 Å². The first-order chi connectivity index (χ1) is 13.9. The third-order valence-electron chi connectivity index (χ3n) is 5.05. The van der Waals surface area contributed by atoms with Gasteiger partial charge in [0.05, 0.1) is 6.10 Å². The van der Waals surface area contributed by atoms with E-state index >= 15 is 0 Å². The standard InChI is InChI=1S/C24H39NO5.ClH/c1-8-16(3)12-22(27)29-20-11-10-18(19(26)15-25-24(5,6)7)14-21(20)30-23(28)13-17(4)9-2;/h10-11,14,16-17,19,25-26H,8-9,12-13,15H2,1-7H3;1H. The van der Waals surface area contributed by atoms with Crippen molar-refractivity contribution < 1.29 is 24.2 Å². The van der Waals surface area contributed by atoms with E-state index in [1.165, 1.54) is 0 Å². The maximum absolute atomic E-state index is 12.3. The lowest BCUT2D eigenvalue weighted by Crippen LogP contribution is -2.38. The smallest absolute Gasteiger partial charge is 0.311 e. The summed E-state index contributed by atoms with van der Waals surface area (Å²) >= 11 is 0. The second kappa shape index (κ2) is 13.7. The molecule has 0 saturated carbocycles. The number of hydrogen-bond donors (Lipinski definition) is 2. The molecule has 1 aromatic carbocycles. The van der Waals surface area contributed by atoms with E-state index in [0.29, 0.717) is 12.1 Å². The van der Waals surface area contributed by atoms with Gasteiger partial charge in [-0.05, 0) is 50.3 Å². The van der Waals surface area contributed by atoms with Crippen molar-refractivity contribution >= 4 is 24.3 Å². The molecule has 0 aliphatic heterocycles. The van der Waals surface area contributed by atoms with Crippen LogP contribution in [0, 0.1) is 11.8 Å². The molecule has 31 heavy (non-hydrogen) atoms. The zero-order chi connectivity index (χ0) is 22.9. The number of aliphatic hydroxyl groups is 1. The molecular weight excluding hydrogens is 418 g/mol. The Labute approximate surface area is 193 Å². The molecule has 3 unspecified atom stereocenters. The predicted octanol–water partition coefficient (Wildman–Crippen LogP) is 5.21. The third kappa shape index (κ3) is 11.5. The van der Waals surface area contributed by atoms with Crippen molar-refractivity contribution in [3.8, 4) is 11.5 Å². The molecule has 2 N–H and O–H groups in total. The summed E-state index contributed by atoms with van der Waals surface area (Å²) in [6.45, 7) is 14.4. The Hall–Kier alpha value is -1.63. The topological polar surface area (TPSA) is 84.9 Å². The number of hydrogen-bond acceptors (Lipinski definition) is 6. The first-order valence-electron chi connectivity index (χ1n) is 10.9. The molecule has 0 aromatic heterocycles. The summed E-state index contributed by atoms with van der Waals surface area (Å²) in [5.41, 5.74) is 0.442. The molecule has 0 aliphatic rings. The largest absolute Gasteiger partial charge is 0.423 e. The highest BCUT2D eigenvalue weighted by atomic mass is 35.5. The molecule has 0 spiro atoms. The summed E-state index contributed by atoms with van der Waals surface area (Å²) in [5, 5.41) is 13.8. The Morgan fingerprint density at radius 2 is 1.45 bits per heavy atom. The van der Waals surface area contributed by atoms with E-state index in [-0.39, 0.29) is 66.1 Å². The molecule has 6 nitrogen and oxygen atoms in total. The number of carbonyl (C=O) groups is 2. The van der Waals surface area contributed by atoms with Crippen LogP contribution in [0.1, 0.15) is 85.8 Å². The van der Waals surface area contributed by atoms with Gasteiger partial charge >= 0.3 is 11.9 Å². The highest BCUT2D eigenvalue weighted by Gasteiger charge is 2.20. The molecular formula is C24H40ClNO5. The fourth-order valence-corrected chi connectivity index (χ4v) is 2.60. The van der Waals surface area contributed by atoms with E-state index in [4.69, 9.17) is 9.47 Å². The van der Waals surface area contributed by atoms with Gasteiger partial charge in [-0.2, -0.15) is 0 Å². The van der Waals surface area contributed by atoms with Crippen LogP contribution in [-0.4, -0.2) is 29.1 Å². The van der Waals surface area contributed by atoms with Gasteiger partial charge in [-0.15, -0.1) is 12.4 Å². The number of halogens is 1. The van der Waals surface area contributed by atoms with Crippen molar-refractivity contribution in [3.05, 3.63) is 23.8 Å². The average Bonchev–Trinajstić information content (AvgIpc) is 2.66. The lowest BCUT2D eigenvalue weighted by molar-refractivity contribution is -0.138. The van der Waals surface area contributed by atoms with E-state index in [0.717, 1.165) is 12.8 Å². The Balaban J connectivity index is 0.00000900. The minimum Gasteiger partial charge on any atom is -0.423 e. The van der Waals surface area contributed by atoms with Crippen molar-refractivity contribution in [1.29, 1.82) is 0 Å². The van der Waals surface area contributed by atoms with Gasteiger partial charge in [0, 0.05) is 24.9 Å². The van der Waals surface area contributed by atoms with Gasteiger partial charge in [0.1, 0.15) is 0 Å². The van der Waals surface area contributed by atoms with E-state index in [2.05, 4.69) is 5.32 Å². The van der Waals surface area contributed by atoms with Gasteiger partial charge in [0.2, 0.25) is 0 Å². The SMILES string of the molecule is CCC(C)CC(=O)Oc1ccc(C(O)CNC(C)(C)C)cc1OC(=O)CC(C)CC.Cl. The molecule has 0 aliphatic carbocycles. The van der Waals surface area contributed by atoms with Gasteiger partial charge in [0.25, 0.3) is 0 Å². The van der Waals surface area contributed by atoms with Crippen LogP contribution >= 0.6 is 12.4 Å². The molecule has 1 aromatic rings.